The Kier molecular flexibility index (Phi) is 5.31. The smallest absolute Gasteiger partial charge is 0.322 e. The van der Waals surface area contributed by atoms with Crippen LogP contribution in [0.2, 0.25) is 0 Å². The highest BCUT2D eigenvalue weighted by atomic mass is 16.5. The molecule has 0 saturated carbocycles. The lowest BCUT2D eigenvalue weighted by atomic mass is 10.1. The highest BCUT2D eigenvalue weighted by molar-refractivity contribution is 5.90. The lowest BCUT2D eigenvalue weighted by Gasteiger charge is -2.07. The maximum atomic E-state index is 12.2. The summed E-state index contributed by atoms with van der Waals surface area (Å²) in [6, 6.07) is 9.39. The van der Waals surface area contributed by atoms with E-state index in [9.17, 15) is 4.79 Å². The summed E-state index contributed by atoms with van der Waals surface area (Å²) in [6.45, 7) is 6.54. The van der Waals surface area contributed by atoms with Gasteiger partial charge in [-0.2, -0.15) is 5.10 Å². The van der Waals surface area contributed by atoms with Crippen molar-refractivity contribution in [1.82, 2.24) is 20.0 Å². The first-order valence-electron chi connectivity index (χ1n) is 8.45. The van der Waals surface area contributed by atoms with Gasteiger partial charge in [0, 0.05) is 12.2 Å². The van der Waals surface area contributed by atoms with E-state index in [-0.39, 0.29) is 24.4 Å². The standard InChI is InChI=1S/C18H21N5O3/c1-4-25-14-7-5-13(6-8-14)11-16(24)20-18-22-21-17(26-18)15-9-10-19-23(15)12(2)3/h5-10,12H,4,11H2,1-3H3,(H,20,22,24). The predicted molar refractivity (Wildman–Crippen MR) is 95.8 cm³/mol. The molecule has 26 heavy (non-hydrogen) atoms. The van der Waals surface area contributed by atoms with Gasteiger partial charge in [-0.1, -0.05) is 17.2 Å². The number of ether oxygens (including phenoxy) is 1. The van der Waals surface area contributed by atoms with Crippen LogP contribution in [0.1, 0.15) is 32.4 Å². The summed E-state index contributed by atoms with van der Waals surface area (Å²) >= 11 is 0. The molecule has 0 aliphatic rings. The molecular weight excluding hydrogens is 334 g/mol. The van der Waals surface area contributed by atoms with Gasteiger partial charge in [-0.3, -0.25) is 14.8 Å². The van der Waals surface area contributed by atoms with Crippen molar-refractivity contribution in [2.45, 2.75) is 33.2 Å². The maximum absolute atomic E-state index is 12.2. The van der Waals surface area contributed by atoms with Gasteiger partial charge in [0.05, 0.1) is 13.0 Å². The van der Waals surface area contributed by atoms with Crippen LogP contribution in [0.15, 0.2) is 40.9 Å². The van der Waals surface area contributed by atoms with Crippen LogP contribution >= 0.6 is 0 Å². The summed E-state index contributed by atoms with van der Waals surface area (Å²) in [5.74, 6) is 0.856. The number of rotatable bonds is 7. The first kappa shape index (κ1) is 17.7. The lowest BCUT2D eigenvalue weighted by molar-refractivity contribution is -0.115. The maximum Gasteiger partial charge on any atom is 0.322 e. The summed E-state index contributed by atoms with van der Waals surface area (Å²) in [4.78, 5) is 12.2. The SMILES string of the molecule is CCOc1ccc(CC(=O)Nc2nnc(-c3ccnn3C(C)C)o2)cc1. The number of carbonyl (C=O) groups excluding carboxylic acids is 1. The molecule has 0 atom stereocenters. The van der Waals surface area contributed by atoms with Gasteiger partial charge >= 0.3 is 6.01 Å². The van der Waals surface area contributed by atoms with E-state index in [0.717, 1.165) is 11.3 Å². The minimum atomic E-state index is -0.235. The van der Waals surface area contributed by atoms with Crippen molar-refractivity contribution >= 4 is 11.9 Å². The Labute approximate surface area is 151 Å². The third-order valence-corrected chi connectivity index (χ3v) is 3.65. The number of nitrogens with one attached hydrogen (secondary N) is 1. The van der Waals surface area contributed by atoms with Crippen molar-refractivity contribution in [2.24, 2.45) is 0 Å². The summed E-state index contributed by atoms with van der Waals surface area (Å²) < 4.78 is 12.7. The number of nitrogens with zero attached hydrogens (tertiary/aromatic N) is 4. The number of hydrogen-bond donors (Lipinski definition) is 1. The van der Waals surface area contributed by atoms with Crippen molar-refractivity contribution in [3.63, 3.8) is 0 Å². The fourth-order valence-electron chi connectivity index (χ4n) is 2.49. The Balaban J connectivity index is 1.63. The zero-order chi connectivity index (χ0) is 18.5. The Hall–Kier alpha value is -3.16. The lowest BCUT2D eigenvalue weighted by Crippen LogP contribution is -2.14. The molecule has 0 fully saturated rings. The van der Waals surface area contributed by atoms with E-state index in [1.54, 1.807) is 16.9 Å². The van der Waals surface area contributed by atoms with Gasteiger partial charge in [-0.15, -0.1) is 5.10 Å². The third-order valence-electron chi connectivity index (χ3n) is 3.65. The second kappa shape index (κ2) is 7.81. The molecule has 2 heterocycles. The monoisotopic (exact) mass is 355 g/mol. The van der Waals surface area contributed by atoms with Crippen LogP contribution in [0.3, 0.4) is 0 Å². The topological polar surface area (TPSA) is 95.1 Å². The first-order valence-corrected chi connectivity index (χ1v) is 8.45. The summed E-state index contributed by atoms with van der Waals surface area (Å²) in [6.07, 6.45) is 1.87. The minimum absolute atomic E-state index is 0.0624. The summed E-state index contributed by atoms with van der Waals surface area (Å²) in [5.41, 5.74) is 1.57. The molecule has 1 amide bonds. The zero-order valence-electron chi connectivity index (χ0n) is 15.0. The Morgan fingerprint density at radius 3 is 2.69 bits per heavy atom. The van der Waals surface area contributed by atoms with Gasteiger partial charge < -0.3 is 9.15 Å². The predicted octanol–water partition coefficient (Wildman–Crippen LogP) is 3.09. The zero-order valence-corrected chi connectivity index (χ0v) is 15.0. The Morgan fingerprint density at radius 2 is 2.00 bits per heavy atom. The van der Waals surface area contributed by atoms with E-state index >= 15 is 0 Å². The number of aromatic nitrogens is 4. The quantitative estimate of drug-likeness (QED) is 0.700. The molecule has 8 heteroatoms. The number of amides is 1. The molecule has 8 nitrogen and oxygen atoms in total. The molecule has 3 aromatic rings. The molecule has 0 aliphatic carbocycles. The molecule has 3 rings (SSSR count). The van der Waals surface area contributed by atoms with E-state index < -0.39 is 0 Å². The molecule has 1 aromatic carbocycles. The Morgan fingerprint density at radius 1 is 1.23 bits per heavy atom. The second-order valence-corrected chi connectivity index (χ2v) is 5.97. The van der Waals surface area contributed by atoms with Crippen LogP contribution in [0, 0.1) is 0 Å². The fraction of sp³-hybridized carbons (Fsp3) is 0.333. The summed E-state index contributed by atoms with van der Waals surface area (Å²) in [7, 11) is 0. The van der Waals surface area contributed by atoms with Crippen molar-refractivity contribution in [2.75, 3.05) is 11.9 Å². The normalized spacial score (nSPS) is 10.9. The molecule has 0 spiro atoms. The molecular formula is C18H21N5O3. The van der Waals surface area contributed by atoms with Crippen LogP contribution in [0.4, 0.5) is 6.01 Å². The van der Waals surface area contributed by atoms with E-state index in [0.29, 0.717) is 18.2 Å². The van der Waals surface area contributed by atoms with Gasteiger partial charge in [0.25, 0.3) is 5.89 Å². The third kappa shape index (κ3) is 4.08. The number of hydrogen-bond acceptors (Lipinski definition) is 6. The second-order valence-electron chi connectivity index (χ2n) is 5.97. The highest BCUT2D eigenvalue weighted by Crippen LogP contribution is 2.22. The van der Waals surface area contributed by atoms with Gasteiger partial charge in [0.15, 0.2) is 0 Å². The van der Waals surface area contributed by atoms with E-state index in [1.807, 2.05) is 45.0 Å². The van der Waals surface area contributed by atoms with E-state index in [2.05, 4.69) is 20.6 Å². The van der Waals surface area contributed by atoms with Crippen LogP contribution in [0.25, 0.3) is 11.6 Å². The number of anilines is 1. The van der Waals surface area contributed by atoms with Crippen molar-refractivity contribution in [3.05, 3.63) is 42.1 Å². The molecule has 0 unspecified atom stereocenters. The largest absolute Gasteiger partial charge is 0.494 e. The van der Waals surface area contributed by atoms with E-state index in [1.165, 1.54) is 0 Å². The first-order chi connectivity index (χ1) is 12.6. The van der Waals surface area contributed by atoms with Crippen molar-refractivity contribution < 1.29 is 13.9 Å². The fourth-order valence-corrected chi connectivity index (χ4v) is 2.49. The molecule has 2 aromatic heterocycles. The average Bonchev–Trinajstić information content (AvgIpc) is 3.25. The molecule has 0 saturated heterocycles. The molecule has 0 radical (unpaired) electrons. The Bertz CT molecular complexity index is 867. The molecule has 136 valence electrons. The van der Waals surface area contributed by atoms with E-state index in [4.69, 9.17) is 9.15 Å². The molecule has 0 aliphatic heterocycles. The van der Waals surface area contributed by atoms with Crippen LogP contribution in [0.5, 0.6) is 5.75 Å². The van der Waals surface area contributed by atoms with Crippen LogP contribution < -0.4 is 10.1 Å². The minimum Gasteiger partial charge on any atom is -0.494 e. The summed E-state index contributed by atoms with van der Waals surface area (Å²) in [5, 5.41) is 14.7. The van der Waals surface area contributed by atoms with Gasteiger partial charge in [-0.25, -0.2) is 0 Å². The number of benzene rings is 1. The average molecular weight is 355 g/mol. The molecule has 1 N–H and O–H groups in total. The van der Waals surface area contributed by atoms with Crippen molar-refractivity contribution in [1.29, 1.82) is 0 Å². The van der Waals surface area contributed by atoms with Gasteiger partial charge in [-0.05, 0) is 44.5 Å². The van der Waals surface area contributed by atoms with Gasteiger partial charge in [0.1, 0.15) is 11.4 Å². The highest BCUT2D eigenvalue weighted by Gasteiger charge is 2.16. The number of carbonyl (C=O) groups is 1. The van der Waals surface area contributed by atoms with Gasteiger partial charge in [0.2, 0.25) is 5.91 Å². The van der Waals surface area contributed by atoms with Crippen molar-refractivity contribution in [3.8, 4) is 17.3 Å². The van der Waals surface area contributed by atoms with Crippen LogP contribution in [-0.2, 0) is 11.2 Å². The molecule has 0 bridgehead atoms. The van der Waals surface area contributed by atoms with Crippen LogP contribution in [-0.4, -0.2) is 32.5 Å².